The summed E-state index contributed by atoms with van der Waals surface area (Å²) < 4.78 is 15.8. The van der Waals surface area contributed by atoms with E-state index in [1.807, 2.05) is 0 Å². The van der Waals surface area contributed by atoms with Crippen LogP contribution in [0.1, 0.15) is 16.1 Å². The number of esters is 1. The Balaban J connectivity index is 1.53. The number of carbonyl (C=O) groups excluding carboxylic acids is 1. The predicted molar refractivity (Wildman–Crippen MR) is 86.3 cm³/mol. The van der Waals surface area contributed by atoms with Crippen molar-refractivity contribution in [2.45, 2.75) is 6.61 Å². The highest BCUT2D eigenvalue weighted by atomic mass is 16.7. The van der Waals surface area contributed by atoms with Crippen LogP contribution in [0.2, 0.25) is 0 Å². The standard InChI is InChI=1S/C18H13NO5/c20-15-8-14(19-13-4-2-1-3-12(13)15)18(21)22-9-11-5-6-16-17(7-11)24-10-23-16/h1-8H,9-10H2,(H,19,20). The lowest BCUT2D eigenvalue weighted by Crippen LogP contribution is -2.12. The van der Waals surface area contributed by atoms with Crippen LogP contribution in [-0.2, 0) is 11.3 Å². The minimum atomic E-state index is -0.587. The molecule has 120 valence electrons. The Bertz CT molecular complexity index is 992. The van der Waals surface area contributed by atoms with Crippen molar-refractivity contribution in [3.63, 3.8) is 0 Å². The topological polar surface area (TPSA) is 77.6 Å². The predicted octanol–water partition coefficient (Wildman–Crippen LogP) is 2.61. The van der Waals surface area contributed by atoms with Crippen molar-refractivity contribution in [2.75, 3.05) is 6.79 Å². The first kappa shape index (κ1) is 14.3. The Morgan fingerprint density at radius 2 is 1.92 bits per heavy atom. The Morgan fingerprint density at radius 3 is 2.83 bits per heavy atom. The second kappa shape index (κ2) is 5.73. The zero-order chi connectivity index (χ0) is 16.5. The molecule has 2 aromatic carbocycles. The molecular formula is C18H13NO5. The molecule has 1 aliphatic rings. The van der Waals surface area contributed by atoms with Crippen LogP contribution < -0.4 is 14.9 Å². The van der Waals surface area contributed by atoms with Gasteiger partial charge in [-0.15, -0.1) is 0 Å². The van der Waals surface area contributed by atoms with Crippen molar-refractivity contribution < 1.29 is 19.0 Å². The molecule has 0 radical (unpaired) electrons. The van der Waals surface area contributed by atoms with Gasteiger partial charge in [0, 0.05) is 17.0 Å². The number of aromatic amines is 1. The maximum atomic E-state index is 12.2. The van der Waals surface area contributed by atoms with Crippen LogP contribution in [0.4, 0.5) is 0 Å². The molecule has 24 heavy (non-hydrogen) atoms. The van der Waals surface area contributed by atoms with Crippen LogP contribution >= 0.6 is 0 Å². The highest BCUT2D eigenvalue weighted by Crippen LogP contribution is 2.32. The Labute approximate surface area is 136 Å². The van der Waals surface area contributed by atoms with Crippen molar-refractivity contribution >= 4 is 16.9 Å². The molecule has 2 heterocycles. The van der Waals surface area contributed by atoms with Crippen molar-refractivity contribution in [3.8, 4) is 11.5 Å². The molecule has 1 aliphatic heterocycles. The fraction of sp³-hybridized carbons (Fsp3) is 0.111. The van der Waals surface area contributed by atoms with Crippen LogP contribution in [0, 0.1) is 0 Å². The molecule has 0 aliphatic carbocycles. The number of benzene rings is 2. The highest BCUT2D eigenvalue weighted by Gasteiger charge is 2.15. The van der Waals surface area contributed by atoms with Gasteiger partial charge >= 0.3 is 5.97 Å². The number of fused-ring (bicyclic) bond motifs is 2. The van der Waals surface area contributed by atoms with Gasteiger partial charge in [-0.2, -0.15) is 0 Å². The van der Waals surface area contributed by atoms with Crippen LogP contribution in [0.15, 0.2) is 53.3 Å². The first-order valence-electron chi connectivity index (χ1n) is 7.38. The van der Waals surface area contributed by atoms with Gasteiger partial charge in [0.1, 0.15) is 12.3 Å². The second-order valence-electron chi connectivity index (χ2n) is 5.36. The summed E-state index contributed by atoms with van der Waals surface area (Å²) in [6.07, 6.45) is 0. The van der Waals surface area contributed by atoms with E-state index in [1.54, 1.807) is 42.5 Å². The van der Waals surface area contributed by atoms with Crippen molar-refractivity contribution in [2.24, 2.45) is 0 Å². The molecule has 6 nitrogen and oxygen atoms in total. The third kappa shape index (κ3) is 2.58. The number of aromatic nitrogens is 1. The number of hydrogen-bond donors (Lipinski definition) is 1. The summed E-state index contributed by atoms with van der Waals surface area (Å²) in [5, 5.41) is 0.532. The molecule has 0 saturated carbocycles. The minimum absolute atomic E-state index is 0.0737. The number of rotatable bonds is 3. The number of H-pyrrole nitrogens is 1. The molecule has 3 aromatic rings. The number of nitrogens with one attached hydrogen (secondary N) is 1. The molecular weight excluding hydrogens is 310 g/mol. The summed E-state index contributed by atoms with van der Waals surface area (Å²) in [7, 11) is 0. The van der Waals surface area contributed by atoms with Gasteiger partial charge in [0.05, 0.1) is 0 Å². The lowest BCUT2D eigenvalue weighted by atomic mass is 10.2. The Kier molecular flexibility index (Phi) is 3.42. The van der Waals surface area contributed by atoms with Crippen LogP contribution in [-0.4, -0.2) is 17.7 Å². The SMILES string of the molecule is O=C(OCc1ccc2c(c1)OCO2)c1cc(=O)c2ccccc2[nH]1. The van der Waals surface area contributed by atoms with E-state index in [0.29, 0.717) is 22.4 Å². The van der Waals surface area contributed by atoms with E-state index in [-0.39, 0.29) is 24.5 Å². The summed E-state index contributed by atoms with van der Waals surface area (Å²) in [5.74, 6) is 0.710. The van der Waals surface area contributed by atoms with Crippen LogP contribution in [0.3, 0.4) is 0 Å². The van der Waals surface area contributed by atoms with Gasteiger partial charge in [-0.1, -0.05) is 18.2 Å². The third-order valence-electron chi connectivity index (χ3n) is 3.76. The number of hydrogen-bond acceptors (Lipinski definition) is 5. The maximum Gasteiger partial charge on any atom is 0.355 e. The molecule has 0 bridgehead atoms. The maximum absolute atomic E-state index is 12.2. The number of ether oxygens (including phenoxy) is 3. The quantitative estimate of drug-likeness (QED) is 0.750. The van der Waals surface area contributed by atoms with E-state index in [1.165, 1.54) is 6.07 Å². The fourth-order valence-corrected chi connectivity index (χ4v) is 2.56. The van der Waals surface area contributed by atoms with Gasteiger partial charge in [0.15, 0.2) is 16.9 Å². The Morgan fingerprint density at radius 1 is 1.08 bits per heavy atom. The van der Waals surface area contributed by atoms with E-state index in [0.717, 1.165) is 5.56 Å². The summed E-state index contributed by atoms with van der Waals surface area (Å²) in [6.45, 7) is 0.265. The number of carbonyl (C=O) groups is 1. The monoisotopic (exact) mass is 323 g/mol. The molecule has 4 rings (SSSR count). The van der Waals surface area contributed by atoms with Crippen molar-refractivity contribution in [1.82, 2.24) is 4.98 Å². The van der Waals surface area contributed by atoms with Gasteiger partial charge in [0.25, 0.3) is 0 Å². The van der Waals surface area contributed by atoms with E-state index >= 15 is 0 Å². The largest absolute Gasteiger partial charge is 0.456 e. The van der Waals surface area contributed by atoms with Gasteiger partial charge in [-0.25, -0.2) is 4.79 Å². The summed E-state index contributed by atoms with van der Waals surface area (Å²) in [5.41, 5.74) is 1.27. The molecule has 6 heteroatoms. The van der Waals surface area contributed by atoms with Gasteiger partial charge in [-0.3, -0.25) is 4.79 Å². The van der Waals surface area contributed by atoms with E-state index in [2.05, 4.69) is 4.98 Å². The highest BCUT2D eigenvalue weighted by molar-refractivity contribution is 5.90. The molecule has 0 unspecified atom stereocenters. The van der Waals surface area contributed by atoms with Crippen molar-refractivity contribution in [1.29, 1.82) is 0 Å². The fourth-order valence-electron chi connectivity index (χ4n) is 2.56. The molecule has 0 saturated heterocycles. The molecule has 1 N–H and O–H groups in total. The Hall–Kier alpha value is -3.28. The van der Waals surface area contributed by atoms with Gasteiger partial charge < -0.3 is 19.2 Å². The van der Waals surface area contributed by atoms with Crippen LogP contribution in [0.5, 0.6) is 11.5 Å². The third-order valence-corrected chi connectivity index (χ3v) is 3.76. The summed E-state index contributed by atoms with van der Waals surface area (Å²) in [6, 6.07) is 13.6. The lowest BCUT2D eigenvalue weighted by Gasteiger charge is -2.07. The smallest absolute Gasteiger partial charge is 0.355 e. The van der Waals surface area contributed by atoms with E-state index in [4.69, 9.17) is 14.2 Å². The molecule has 1 aromatic heterocycles. The minimum Gasteiger partial charge on any atom is -0.456 e. The second-order valence-corrected chi connectivity index (χ2v) is 5.36. The summed E-state index contributed by atoms with van der Waals surface area (Å²) >= 11 is 0. The van der Waals surface area contributed by atoms with E-state index in [9.17, 15) is 9.59 Å². The average Bonchev–Trinajstić information content (AvgIpc) is 3.07. The van der Waals surface area contributed by atoms with Crippen molar-refractivity contribution in [3.05, 3.63) is 70.0 Å². The first-order valence-corrected chi connectivity index (χ1v) is 7.38. The van der Waals surface area contributed by atoms with E-state index < -0.39 is 5.97 Å². The molecule has 0 atom stereocenters. The zero-order valence-corrected chi connectivity index (χ0v) is 12.6. The normalized spacial score (nSPS) is 12.3. The van der Waals surface area contributed by atoms with Gasteiger partial charge in [0.2, 0.25) is 6.79 Å². The molecule has 0 fully saturated rings. The summed E-state index contributed by atoms with van der Waals surface area (Å²) in [4.78, 5) is 27.2. The first-order chi connectivity index (χ1) is 11.7. The lowest BCUT2D eigenvalue weighted by molar-refractivity contribution is 0.0466. The number of para-hydroxylation sites is 1. The molecule has 0 amide bonds. The van der Waals surface area contributed by atoms with Crippen LogP contribution in [0.25, 0.3) is 10.9 Å². The average molecular weight is 323 g/mol. The number of pyridine rings is 1. The molecule has 0 spiro atoms. The van der Waals surface area contributed by atoms with Gasteiger partial charge in [-0.05, 0) is 29.8 Å². The zero-order valence-electron chi connectivity index (χ0n) is 12.6.